The lowest BCUT2D eigenvalue weighted by atomic mass is 10.1. The molecule has 0 radical (unpaired) electrons. The van der Waals surface area contributed by atoms with Crippen LogP contribution in [0.1, 0.15) is 32.4 Å². The fraction of sp³-hybridized carbons (Fsp3) is 0.350. The first-order valence-corrected chi connectivity index (χ1v) is 9.40. The normalized spacial score (nSPS) is 11.5. The second-order valence-corrected chi connectivity index (χ2v) is 6.52. The fourth-order valence-corrected chi connectivity index (χ4v) is 2.65. The lowest BCUT2D eigenvalue weighted by Gasteiger charge is -2.17. The molecule has 140 valence electrons. The molecule has 1 unspecified atom stereocenters. The summed E-state index contributed by atoms with van der Waals surface area (Å²) in [6.07, 6.45) is 0. The highest BCUT2D eigenvalue weighted by Crippen LogP contribution is 2.30. The number of carbonyl (C=O) groups is 1. The van der Waals surface area contributed by atoms with E-state index in [0.717, 1.165) is 10.0 Å². The van der Waals surface area contributed by atoms with Gasteiger partial charge in [0.1, 0.15) is 5.75 Å². The average Bonchev–Trinajstić information content (AvgIpc) is 2.63. The van der Waals surface area contributed by atoms with E-state index in [1.165, 1.54) is 0 Å². The van der Waals surface area contributed by atoms with Gasteiger partial charge in [0.25, 0.3) is 5.91 Å². The van der Waals surface area contributed by atoms with Crippen molar-refractivity contribution in [2.45, 2.75) is 26.8 Å². The van der Waals surface area contributed by atoms with Crippen LogP contribution in [0.4, 0.5) is 0 Å². The summed E-state index contributed by atoms with van der Waals surface area (Å²) in [6, 6.07) is 12.9. The van der Waals surface area contributed by atoms with Gasteiger partial charge in [-0.1, -0.05) is 22.0 Å². The third kappa shape index (κ3) is 5.95. The number of benzene rings is 2. The molecule has 0 heterocycles. The predicted octanol–water partition coefficient (Wildman–Crippen LogP) is 4.50. The van der Waals surface area contributed by atoms with Gasteiger partial charge in [0.2, 0.25) is 0 Å². The highest BCUT2D eigenvalue weighted by Gasteiger charge is 2.13. The predicted molar refractivity (Wildman–Crippen MR) is 105 cm³/mol. The van der Waals surface area contributed by atoms with Crippen LogP contribution in [0.5, 0.6) is 17.2 Å². The molecular weight excluding hydrogens is 398 g/mol. The van der Waals surface area contributed by atoms with Crippen LogP contribution in [0, 0.1) is 0 Å². The minimum atomic E-state index is -0.188. The summed E-state index contributed by atoms with van der Waals surface area (Å²) in [6.45, 7) is 6.85. The molecule has 0 spiro atoms. The maximum absolute atomic E-state index is 12.1. The highest BCUT2D eigenvalue weighted by molar-refractivity contribution is 9.10. The first-order valence-electron chi connectivity index (χ1n) is 8.60. The standard InChI is InChI=1S/C20H24BrNO4/c1-4-24-18-11-6-15(12-19(18)25-5-2)14(3)22-20(23)13-26-17-9-7-16(21)8-10-17/h6-12,14H,4-5,13H2,1-3H3,(H,22,23). The van der Waals surface area contributed by atoms with Crippen LogP contribution in [0.25, 0.3) is 0 Å². The van der Waals surface area contributed by atoms with E-state index < -0.39 is 0 Å². The molecule has 1 atom stereocenters. The van der Waals surface area contributed by atoms with Crippen LogP contribution < -0.4 is 19.5 Å². The van der Waals surface area contributed by atoms with E-state index in [2.05, 4.69) is 21.2 Å². The second kappa shape index (κ2) is 10.1. The largest absolute Gasteiger partial charge is 0.490 e. The van der Waals surface area contributed by atoms with Crippen molar-refractivity contribution in [3.05, 3.63) is 52.5 Å². The number of nitrogens with one attached hydrogen (secondary N) is 1. The summed E-state index contributed by atoms with van der Waals surface area (Å²) < 4.78 is 17.7. The summed E-state index contributed by atoms with van der Waals surface area (Å²) in [5.41, 5.74) is 0.939. The van der Waals surface area contributed by atoms with Gasteiger partial charge >= 0.3 is 0 Å². The molecule has 0 aromatic heterocycles. The van der Waals surface area contributed by atoms with Gasteiger partial charge in [-0.25, -0.2) is 0 Å². The quantitative estimate of drug-likeness (QED) is 0.647. The third-order valence-electron chi connectivity index (χ3n) is 3.63. The molecule has 0 aliphatic rings. The van der Waals surface area contributed by atoms with E-state index in [-0.39, 0.29) is 18.6 Å². The topological polar surface area (TPSA) is 56.8 Å². The van der Waals surface area contributed by atoms with Crippen molar-refractivity contribution >= 4 is 21.8 Å². The SMILES string of the molecule is CCOc1ccc(C(C)NC(=O)COc2ccc(Br)cc2)cc1OCC. The van der Waals surface area contributed by atoms with Crippen LogP contribution in [0.2, 0.25) is 0 Å². The van der Waals surface area contributed by atoms with E-state index in [1.807, 2.05) is 63.2 Å². The summed E-state index contributed by atoms with van der Waals surface area (Å²) >= 11 is 3.36. The molecule has 2 rings (SSSR count). The molecule has 0 bridgehead atoms. The molecular formula is C20H24BrNO4. The van der Waals surface area contributed by atoms with E-state index in [1.54, 1.807) is 0 Å². The number of amides is 1. The van der Waals surface area contributed by atoms with E-state index in [0.29, 0.717) is 30.5 Å². The van der Waals surface area contributed by atoms with Gasteiger partial charge in [-0.15, -0.1) is 0 Å². The zero-order chi connectivity index (χ0) is 18.9. The maximum atomic E-state index is 12.1. The van der Waals surface area contributed by atoms with Crippen molar-refractivity contribution < 1.29 is 19.0 Å². The number of hydrogen-bond donors (Lipinski definition) is 1. The summed E-state index contributed by atoms with van der Waals surface area (Å²) in [4.78, 5) is 12.1. The molecule has 0 saturated heterocycles. The van der Waals surface area contributed by atoms with Crippen LogP contribution in [0.15, 0.2) is 46.9 Å². The molecule has 26 heavy (non-hydrogen) atoms. The first-order chi connectivity index (χ1) is 12.5. The Labute approximate surface area is 162 Å². The highest BCUT2D eigenvalue weighted by atomic mass is 79.9. The summed E-state index contributed by atoms with van der Waals surface area (Å²) in [5.74, 6) is 1.84. The molecule has 6 heteroatoms. The van der Waals surface area contributed by atoms with Gasteiger partial charge in [0.05, 0.1) is 19.3 Å². The average molecular weight is 422 g/mol. The Balaban J connectivity index is 1.95. The molecule has 2 aromatic rings. The second-order valence-electron chi connectivity index (χ2n) is 5.60. The summed E-state index contributed by atoms with van der Waals surface area (Å²) in [5, 5.41) is 2.93. The number of halogens is 1. The van der Waals surface area contributed by atoms with Crippen LogP contribution in [-0.2, 0) is 4.79 Å². The van der Waals surface area contributed by atoms with Gasteiger partial charge < -0.3 is 19.5 Å². The molecule has 2 aromatic carbocycles. The van der Waals surface area contributed by atoms with Gasteiger partial charge in [0.15, 0.2) is 18.1 Å². The molecule has 5 nitrogen and oxygen atoms in total. The van der Waals surface area contributed by atoms with Crippen LogP contribution in [-0.4, -0.2) is 25.7 Å². The summed E-state index contributed by atoms with van der Waals surface area (Å²) in [7, 11) is 0. The smallest absolute Gasteiger partial charge is 0.258 e. The number of hydrogen-bond acceptors (Lipinski definition) is 4. The van der Waals surface area contributed by atoms with Crippen molar-refractivity contribution in [2.75, 3.05) is 19.8 Å². The van der Waals surface area contributed by atoms with Gasteiger partial charge in [-0.3, -0.25) is 4.79 Å². The zero-order valence-electron chi connectivity index (χ0n) is 15.3. The zero-order valence-corrected chi connectivity index (χ0v) is 16.8. The Bertz CT molecular complexity index is 718. The van der Waals surface area contributed by atoms with Gasteiger partial charge in [-0.2, -0.15) is 0 Å². The maximum Gasteiger partial charge on any atom is 0.258 e. The molecule has 1 N–H and O–H groups in total. The van der Waals surface area contributed by atoms with Gasteiger partial charge in [0, 0.05) is 4.47 Å². The Morgan fingerprint density at radius 3 is 2.31 bits per heavy atom. The van der Waals surface area contributed by atoms with Crippen LogP contribution in [0.3, 0.4) is 0 Å². The number of rotatable bonds is 9. The van der Waals surface area contributed by atoms with E-state index >= 15 is 0 Å². The van der Waals surface area contributed by atoms with Crippen molar-refractivity contribution in [1.29, 1.82) is 0 Å². The molecule has 0 saturated carbocycles. The lowest BCUT2D eigenvalue weighted by molar-refractivity contribution is -0.123. The Morgan fingerprint density at radius 2 is 1.65 bits per heavy atom. The number of ether oxygens (including phenoxy) is 3. The van der Waals surface area contributed by atoms with Crippen molar-refractivity contribution in [3.8, 4) is 17.2 Å². The molecule has 0 fully saturated rings. The minimum Gasteiger partial charge on any atom is -0.490 e. The Kier molecular flexibility index (Phi) is 7.78. The fourth-order valence-electron chi connectivity index (χ4n) is 2.38. The van der Waals surface area contributed by atoms with E-state index in [9.17, 15) is 4.79 Å². The first kappa shape index (κ1) is 20.1. The monoisotopic (exact) mass is 421 g/mol. The van der Waals surface area contributed by atoms with Crippen molar-refractivity contribution in [1.82, 2.24) is 5.32 Å². The minimum absolute atomic E-state index is 0.0404. The van der Waals surface area contributed by atoms with Crippen LogP contribution >= 0.6 is 15.9 Å². The third-order valence-corrected chi connectivity index (χ3v) is 4.16. The molecule has 0 aliphatic carbocycles. The van der Waals surface area contributed by atoms with Gasteiger partial charge in [-0.05, 0) is 62.7 Å². The van der Waals surface area contributed by atoms with E-state index in [4.69, 9.17) is 14.2 Å². The Hall–Kier alpha value is -2.21. The Morgan fingerprint density at radius 1 is 1.00 bits per heavy atom. The molecule has 0 aliphatic heterocycles. The lowest BCUT2D eigenvalue weighted by Crippen LogP contribution is -2.31. The number of carbonyl (C=O) groups excluding carboxylic acids is 1. The molecule has 1 amide bonds. The van der Waals surface area contributed by atoms with Crippen molar-refractivity contribution in [2.24, 2.45) is 0 Å². The van der Waals surface area contributed by atoms with Crippen molar-refractivity contribution in [3.63, 3.8) is 0 Å².